The number of pyridine rings is 1. The van der Waals surface area contributed by atoms with Gasteiger partial charge in [0.05, 0.1) is 17.6 Å². The molecular weight excluding hydrogens is 272 g/mol. The van der Waals surface area contributed by atoms with Gasteiger partial charge in [-0.15, -0.1) is 11.3 Å². The number of nitrogens with one attached hydrogen (secondary N) is 1. The first-order valence-electron chi connectivity index (χ1n) is 6.04. The molecule has 100 valence electrons. The van der Waals surface area contributed by atoms with Gasteiger partial charge in [-0.05, 0) is 5.39 Å². The summed E-state index contributed by atoms with van der Waals surface area (Å²) in [7, 11) is 0. The predicted octanol–water partition coefficient (Wildman–Crippen LogP) is 2.20. The van der Waals surface area contributed by atoms with Crippen molar-refractivity contribution in [3.63, 3.8) is 0 Å². The van der Waals surface area contributed by atoms with Crippen molar-refractivity contribution in [3.05, 3.63) is 52.6 Å². The number of thiazole rings is 1. The van der Waals surface area contributed by atoms with Gasteiger partial charge in [0, 0.05) is 22.7 Å². The van der Waals surface area contributed by atoms with Crippen molar-refractivity contribution in [3.8, 4) is 0 Å². The minimum absolute atomic E-state index is 0.165. The van der Waals surface area contributed by atoms with E-state index in [0.717, 1.165) is 15.6 Å². The number of carbonyl (C=O) groups excluding carboxylic acids is 1. The SMILES string of the molecule is Nc1ncc(C(=O)NCc2cncs2)c2ccccc12. The Hall–Kier alpha value is -2.47. The average Bonchev–Trinajstić information content (AvgIpc) is 2.99. The van der Waals surface area contributed by atoms with E-state index in [-0.39, 0.29) is 5.91 Å². The fourth-order valence-corrected chi connectivity index (χ4v) is 2.52. The molecule has 0 aliphatic rings. The van der Waals surface area contributed by atoms with Crippen molar-refractivity contribution in [2.45, 2.75) is 6.54 Å². The van der Waals surface area contributed by atoms with E-state index in [1.165, 1.54) is 17.5 Å². The molecule has 0 spiro atoms. The molecule has 1 amide bonds. The number of hydrogen-bond donors (Lipinski definition) is 2. The van der Waals surface area contributed by atoms with E-state index in [1.807, 2.05) is 24.3 Å². The molecule has 0 aliphatic heterocycles. The quantitative estimate of drug-likeness (QED) is 0.772. The van der Waals surface area contributed by atoms with Crippen LogP contribution < -0.4 is 11.1 Å². The lowest BCUT2D eigenvalue weighted by Gasteiger charge is -2.08. The molecular formula is C14H12N4OS. The number of carbonyl (C=O) groups is 1. The maximum absolute atomic E-state index is 12.3. The van der Waals surface area contributed by atoms with Crippen LogP contribution in [0.4, 0.5) is 5.82 Å². The highest BCUT2D eigenvalue weighted by molar-refractivity contribution is 7.09. The summed E-state index contributed by atoms with van der Waals surface area (Å²) in [6, 6.07) is 7.48. The van der Waals surface area contributed by atoms with Crippen LogP contribution in [0.3, 0.4) is 0 Å². The Bertz CT molecular complexity index is 755. The van der Waals surface area contributed by atoms with Gasteiger partial charge < -0.3 is 11.1 Å². The Kier molecular flexibility index (Phi) is 3.30. The third-order valence-corrected chi connectivity index (χ3v) is 3.76. The number of fused-ring (bicyclic) bond motifs is 1. The molecule has 0 bridgehead atoms. The van der Waals surface area contributed by atoms with Gasteiger partial charge in [0.25, 0.3) is 5.91 Å². The summed E-state index contributed by atoms with van der Waals surface area (Å²) in [4.78, 5) is 21.3. The topological polar surface area (TPSA) is 80.9 Å². The zero-order valence-corrected chi connectivity index (χ0v) is 11.4. The minimum atomic E-state index is -0.165. The third-order valence-electron chi connectivity index (χ3n) is 2.98. The first-order chi connectivity index (χ1) is 9.75. The van der Waals surface area contributed by atoms with Crippen molar-refractivity contribution in [2.24, 2.45) is 0 Å². The van der Waals surface area contributed by atoms with Gasteiger partial charge in [-0.1, -0.05) is 24.3 Å². The van der Waals surface area contributed by atoms with Gasteiger partial charge in [-0.2, -0.15) is 0 Å². The fraction of sp³-hybridized carbons (Fsp3) is 0.0714. The van der Waals surface area contributed by atoms with Crippen LogP contribution in [0.1, 0.15) is 15.2 Å². The number of benzene rings is 1. The van der Waals surface area contributed by atoms with Crippen molar-refractivity contribution in [2.75, 3.05) is 5.73 Å². The average molecular weight is 284 g/mol. The molecule has 0 saturated carbocycles. The van der Waals surface area contributed by atoms with Crippen LogP contribution in [-0.2, 0) is 6.54 Å². The van der Waals surface area contributed by atoms with Gasteiger partial charge in [-0.3, -0.25) is 9.78 Å². The first-order valence-corrected chi connectivity index (χ1v) is 6.92. The molecule has 3 rings (SSSR count). The van der Waals surface area contributed by atoms with Gasteiger partial charge in [0.1, 0.15) is 5.82 Å². The standard InChI is InChI=1S/C14H12N4OS/c15-13-11-4-2-1-3-10(11)12(7-17-13)14(19)18-6-9-5-16-8-20-9/h1-5,7-8H,6H2,(H2,15,17)(H,18,19). The maximum Gasteiger partial charge on any atom is 0.253 e. The van der Waals surface area contributed by atoms with E-state index in [1.54, 1.807) is 11.7 Å². The van der Waals surface area contributed by atoms with E-state index in [9.17, 15) is 4.79 Å². The van der Waals surface area contributed by atoms with Crippen molar-refractivity contribution in [1.82, 2.24) is 15.3 Å². The van der Waals surface area contributed by atoms with Gasteiger partial charge in [-0.25, -0.2) is 4.98 Å². The monoisotopic (exact) mass is 284 g/mol. The molecule has 6 heteroatoms. The molecule has 3 aromatic rings. The lowest BCUT2D eigenvalue weighted by molar-refractivity contribution is 0.0952. The van der Waals surface area contributed by atoms with Crippen LogP contribution in [0.5, 0.6) is 0 Å². The normalized spacial score (nSPS) is 10.6. The smallest absolute Gasteiger partial charge is 0.253 e. The van der Waals surface area contributed by atoms with Gasteiger partial charge in [0.15, 0.2) is 0 Å². The van der Waals surface area contributed by atoms with Crippen LogP contribution in [-0.4, -0.2) is 15.9 Å². The maximum atomic E-state index is 12.3. The Morgan fingerprint density at radius 1 is 1.25 bits per heavy atom. The molecule has 0 atom stereocenters. The lowest BCUT2D eigenvalue weighted by atomic mass is 10.1. The molecule has 1 aromatic carbocycles. The van der Waals surface area contributed by atoms with E-state index in [0.29, 0.717) is 17.9 Å². The molecule has 3 N–H and O–H groups in total. The summed E-state index contributed by atoms with van der Waals surface area (Å²) in [5, 5.41) is 4.46. The van der Waals surface area contributed by atoms with E-state index < -0.39 is 0 Å². The van der Waals surface area contributed by atoms with Crippen LogP contribution in [0.25, 0.3) is 10.8 Å². The van der Waals surface area contributed by atoms with Gasteiger partial charge >= 0.3 is 0 Å². The van der Waals surface area contributed by atoms with Crippen LogP contribution in [0, 0.1) is 0 Å². The zero-order chi connectivity index (χ0) is 13.9. The van der Waals surface area contributed by atoms with E-state index in [4.69, 9.17) is 5.73 Å². The summed E-state index contributed by atoms with van der Waals surface area (Å²) in [6.07, 6.45) is 3.25. The third kappa shape index (κ3) is 2.33. The summed E-state index contributed by atoms with van der Waals surface area (Å²) in [6.45, 7) is 0.461. The van der Waals surface area contributed by atoms with E-state index in [2.05, 4.69) is 15.3 Å². The highest BCUT2D eigenvalue weighted by Gasteiger charge is 2.12. The Morgan fingerprint density at radius 3 is 2.80 bits per heavy atom. The number of nitrogens with two attached hydrogens (primary N) is 1. The van der Waals surface area contributed by atoms with Crippen LogP contribution >= 0.6 is 11.3 Å². The van der Waals surface area contributed by atoms with Crippen molar-refractivity contribution >= 4 is 33.8 Å². The molecule has 2 heterocycles. The van der Waals surface area contributed by atoms with E-state index >= 15 is 0 Å². The second-order valence-corrected chi connectivity index (χ2v) is 5.22. The summed E-state index contributed by atoms with van der Waals surface area (Å²) < 4.78 is 0. The minimum Gasteiger partial charge on any atom is -0.383 e. The summed E-state index contributed by atoms with van der Waals surface area (Å²) >= 11 is 1.50. The molecule has 0 aliphatic carbocycles. The predicted molar refractivity (Wildman–Crippen MR) is 79.4 cm³/mol. The first kappa shape index (κ1) is 12.6. The summed E-state index contributed by atoms with van der Waals surface area (Å²) in [5.74, 6) is 0.265. The Balaban J connectivity index is 1.90. The molecule has 2 aromatic heterocycles. The molecule has 0 fully saturated rings. The Morgan fingerprint density at radius 2 is 2.05 bits per heavy atom. The number of rotatable bonds is 3. The molecule has 5 nitrogen and oxygen atoms in total. The number of nitrogen functional groups attached to an aromatic ring is 1. The molecule has 0 saturated heterocycles. The summed E-state index contributed by atoms with van der Waals surface area (Å²) in [5.41, 5.74) is 8.09. The number of nitrogens with zero attached hydrogens (tertiary/aromatic N) is 2. The molecule has 0 unspecified atom stereocenters. The largest absolute Gasteiger partial charge is 0.383 e. The number of aromatic nitrogens is 2. The number of hydrogen-bond acceptors (Lipinski definition) is 5. The highest BCUT2D eigenvalue weighted by Crippen LogP contribution is 2.22. The number of amides is 1. The second kappa shape index (κ2) is 5.26. The highest BCUT2D eigenvalue weighted by atomic mass is 32.1. The fourth-order valence-electron chi connectivity index (χ4n) is 1.99. The van der Waals surface area contributed by atoms with Crippen molar-refractivity contribution in [1.29, 1.82) is 0 Å². The Labute approximate surface area is 119 Å². The zero-order valence-electron chi connectivity index (χ0n) is 10.5. The van der Waals surface area contributed by atoms with Crippen LogP contribution in [0.15, 0.2) is 42.2 Å². The second-order valence-electron chi connectivity index (χ2n) is 4.25. The van der Waals surface area contributed by atoms with Crippen LogP contribution in [0.2, 0.25) is 0 Å². The van der Waals surface area contributed by atoms with Gasteiger partial charge in [0.2, 0.25) is 0 Å². The van der Waals surface area contributed by atoms with Crippen molar-refractivity contribution < 1.29 is 4.79 Å². The lowest BCUT2D eigenvalue weighted by Crippen LogP contribution is -2.23. The number of anilines is 1. The molecule has 20 heavy (non-hydrogen) atoms. The molecule has 0 radical (unpaired) electrons.